The minimum absolute atomic E-state index is 0.0674. The van der Waals surface area contributed by atoms with Gasteiger partial charge in [-0.2, -0.15) is 0 Å². The summed E-state index contributed by atoms with van der Waals surface area (Å²) in [5, 5.41) is 0. The van der Waals surface area contributed by atoms with Gasteiger partial charge < -0.3 is 10.3 Å². The van der Waals surface area contributed by atoms with E-state index >= 15 is 0 Å². The smallest absolute Gasteiger partial charge is 0.154 e. The molecule has 0 amide bonds. The Morgan fingerprint density at radius 3 is 2.77 bits per heavy atom. The minimum Gasteiger partial charge on any atom is -0.332 e. The largest absolute Gasteiger partial charge is 0.332 e. The maximum Gasteiger partial charge on any atom is 0.154 e. The third kappa shape index (κ3) is 1.59. The van der Waals surface area contributed by atoms with Gasteiger partial charge in [-0.25, -0.2) is 13.4 Å². The van der Waals surface area contributed by atoms with Crippen LogP contribution in [0.15, 0.2) is 12.5 Å². The van der Waals surface area contributed by atoms with Crippen LogP contribution in [0.1, 0.15) is 11.7 Å². The lowest BCUT2D eigenvalue weighted by Crippen LogP contribution is -2.37. The van der Waals surface area contributed by atoms with Crippen molar-refractivity contribution in [3.63, 3.8) is 0 Å². The number of aromatic nitrogens is 2. The van der Waals surface area contributed by atoms with Crippen LogP contribution in [0, 0.1) is 0 Å². The van der Waals surface area contributed by atoms with Gasteiger partial charge in [-0.3, -0.25) is 0 Å². The first kappa shape index (κ1) is 8.71. The summed E-state index contributed by atoms with van der Waals surface area (Å²) < 4.78 is 23.6. The molecule has 0 bridgehead atoms. The first-order chi connectivity index (χ1) is 6.11. The molecule has 0 aliphatic carbocycles. The van der Waals surface area contributed by atoms with E-state index in [0.29, 0.717) is 6.54 Å². The molecule has 0 saturated carbocycles. The Morgan fingerprint density at radius 2 is 2.31 bits per heavy atom. The Kier molecular flexibility index (Phi) is 1.88. The summed E-state index contributed by atoms with van der Waals surface area (Å²) in [6.45, 7) is 0.395. The van der Waals surface area contributed by atoms with Crippen LogP contribution in [0.2, 0.25) is 0 Å². The van der Waals surface area contributed by atoms with Crippen molar-refractivity contribution in [2.24, 2.45) is 5.73 Å². The molecule has 1 aromatic rings. The van der Waals surface area contributed by atoms with Gasteiger partial charge >= 0.3 is 0 Å². The van der Waals surface area contributed by atoms with E-state index in [1.165, 1.54) is 0 Å². The predicted octanol–water partition coefficient (Wildman–Crippen LogP) is -0.689. The summed E-state index contributed by atoms with van der Waals surface area (Å²) in [6, 6.07) is 0.0674. The highest BCUT2D eigenvalue weighted by atomic mass is 32.2. The number of hydrogen-bond donors (Lipinski definition) is 1. The van der Waals surface area contributed by atoms with E-state index in [4.69, 9.17) is 5.73 Å². The van der Waals surface area contributed by atoms with Gasteiger partial charge in [0.2, 0.25) is 0 Å². The van der Waals surface area contributed by atoms with Gasteiger partial charge in [0.1, 0.15) is 0 Å². The van der Waals surface area contributed by atoms with Gasteiger partial charge in [-0.15, -0.1) is 0 Å². The van der Waals surface area contributed by atoms with Crippen LogP contribution in [0.4, 0.5) is 0 Å². The summed E-state index contributed by atoms with van der Waals surface area (Å²) >= 11 is 0. The predicted molar refractivity (Wildman–Crippen MR) is 47.8 cm³/mol. The molecular formula is C7H11N3O2S. The number of sulfone groups is 1. The van der Waals surface area contributed by atoms with Gasteiger partial charge in [-0.05, 0) is 0 Å². The number of nitrogens with two attached hydrogens (primary N) is 1. The van der Waals surface area contributed by atoms with Gasteiger partial charge in [0.15, 0.2) is 9.84 Å². The molecule has 1 saturated heterocycles. The molecule has 0 radical (unpaired) electrons. The Balaban J connectivity index is 2.11. The van der Waals surface area contributed by atoms with Crippen molar-refractivity contribution in [3.05, 3.63) is 18.2 Å². The van der Waals surface area contributed by atoms with Crippen LogP contribution in [0.5, 0.6) is 0 Å². The fourth-order valence-corrected chi connectivity index (χ4v) is 2.81. The highest BCUT2D eigenvalue weighted by Gasteiger charge is 2.34. The van der Waals surface area contributed by atoms with Crippen LogP contribution in [-0.2, 0) is 16.4 Å². The number of hydrogen-bond acceptors (Lipinski definition) is 4. The van der Waals surface area contributed by atoms with Gasteiger partial charge in [0, 0.05) is 12.7 Å². The summed E-state index contributed by atoms with van der Waals surface area (Å²) in [6.07, 6.45) is 3.45. The number of rotatable bonds is 2. The third-order valence-electron chi connectivity index (χ3n) is 2.18. The van der Waals surface area contributed by atoms with Crippen LogP contribution in [-0.4, -0.2) is 29.5 Å². The first-order valence-electron chi connectivity index (χ1n) is 4.03. The van der Waals surface area contributed by atoms with Crippen LogP contribution >= 0.6 is 0 Å². The normalized spacial score (nSPS) is 21.3. The maximum atomic E-state index is 10.9. The van der Waals surface area contributed by atoms with E-state index in [0.717, 1.165) is 5.69 Å². The molecule has 1 aliphatic rings. The number of imidazole rings is 1. The first-order valence-corrected chi connectivity index (χ1v) is 5.86. The van der Waals surface area contributed by atoms with Crippen LogP contribution in [0.3, 0.4) is 0 Å². The Labute approximate surface area is 76.5 Å². The van der Waals surface area contributed by atoms with E-state index in [9.17, 15) is 8.42 Å². The lowest BCUT2D eigenvalue weighted by Gasteiger charge is -2.26. The molecule has 0 unspecified atom stereocenters. The zero-order valence-electron chi connectivity index (χ0n) is 7.05. The summed E-state index contributed by atoms with van der Waals surface area (Å²) in [7, 11) is -2.76. The van der Waals surface area contributed by atoms with E-state index in [2.05, 4.69) is 4.98 Å². The highest BCUT2D eigenvalue weighted by molar-refractivity contribution is 7.92. The van der Waals surface area contributed by atoms with Crippen molar-refractivity contribution in [1.82, 2.24) is 9.55 Å². The van der Waals surface area contributed by atoms with E-state index < -0.39 is 9.84 Å². The second kappa shape index (κ2) is 2.81. The topological polar surface area (TPSA) is 78.0 Å². The quantitative estimate of drug-likeness (QED) is 0.687. The molecule has 2 rings (SSSR count). The molecule has 2 heterocycles. The lowest BCUT2D eigenvalue weighted by atomic mass is 10.3. The molecule has 5 nitrogen and oxygen atoms in total. The lowest BCUT2D eigenvalue weighted by molar-refractivity contribution is 0.506. The maximum absolute atomic E-state index is 10.9. The van der Waals surface area contributed by atoms with Crippen molar-refractivity contribution in [2.45, 2.75) is 12.6 Å². The fraction of sp³-hybridized carbons (Fsp3) is 0.571. The fourth-order valence-electron chi connectivity index (χ4n) is 1.39. The standard InChI is InChI=1S/C7H11N3O2S/c8-1-6-2-10(5-9-6)7-3-13(11,12)4-7/h2,5,7H,1,3-4,8H2. The van der Waals surface area contributed by atoms with Crippen molar-refractivity contribution in [2.75, 3.05) is 11.5 Å². The van der Waals surface area contributed by atoms with Gasteiger partial charge in [0.05, 0.1) is 29.6 Å². The van der Waals surface area contributed by atoms with Crippen molar-refractivity contribution in [1.29, 1.82) is 0 Å². The molecule has 13 heavy (non-hydrogen) atoms. The average molecular weight is 201 g/mol. The van der Waals surface area contributed by atoms with Crippen LogP contribution < -0.4 is 5.73 Å². The molecular weight excluding hydrogens is 190 g/mol. The second-order valence-corrected chi connectivity index (χ2v) is 5.40. The summed E-state index contributed by atoms with van der Waals surface area (Å²) in [5.41, 5.74) is 6.18. The SMILES string of the molecule is NCc1cn(C2CS(=O)(=O)C2)cn1. The molecule has 0 aromatic carbocycles. The van der Waals surface area contributed by atoms with Crippen LogP contribution in [0.25, 0.3) is 0 Å². The minimum atomic E-state index is -2.76. The molecule has 1 aliphatic heterocycles. The van der Waals surface area contributed by atoms with E-state index in [-0.39, 0.29) is 17.5 Å². The molecule has 1 fully saturated rings. The summed E-state index contributed by atoms with van der Waals surface area (Å²) in [5.74, 6) is 0.459. The summed E-state index contributed by atoms with van der Waals surface area (Å²) in [4.78, 5) is 4.03. The number of nitrogens with zero attached hydrogens (tertiary/aromatic N) is 2. The molecule has 2 N–H and O–H groups in total. The Bertz CT molecular complexity index is 397. The molecule has 6 heteroatoms. The van der Waals surface area contributed by atoms with Crippen molar-refractivity contribution in [3.8, 4) is 0 Å². The zero-order chi connectivity index (χ0) is 9.47. The Hall–Kier alpha value is -0.880. The molecule has 72 valence electrons. The van der Waals surface area contributed by atoms with E-state index in [1.807, 2.05) is 4.57 Å². The monoisotopic (exact) mass is 201 g/mol. The zero-order valence-corrected chi connectivity index (χ0v) is 7.87. The molecule has 0 atom stereocenters. The van der Waals surface area contributed by atoms with E-state index in [1.54, 1.807) is 12.5 Å². The average Bonchev–Trinajstić information content (AvgIpc) is 2.47. The highest BCUT2D eigenvalue weighted by Crippen LogP contribution is 2.23. The third-order valence-corrected chi connectivity index (χ3v) is 3.96. The molecule has 1 aromatic heterocycles. The Morgan fingerprint density at radius 1 is 1.62 bits per heavy atom. The van der Waals surface area contributed by atoms with Gasteiger partial charge in [0.25, 0.3) is 0 Å². The molecule has 0 spiro atoms. The second-order valence-electron chi connectivity index (χ2n) is 3.25. The van der Waals surface area contributed by atoms with Crippen molar-refractivity contribution >= 4 is 9.84 Å². The van der Waals surface area contributed by atoms with Crippen molar-refractivity contribution < 1.29 is 8.42 Å². The van der Waals surface area contributed by atoms with Gasteiger partial charge in [-0.1, -0.05) is 0 Å².